The molecule has 0 aliphatic carbocycles. The number of methoxy groups -OCH3 is 2. The van der Waals surface area contributed by atoms with Crippen molar-refractivity contribution in [1.82, 2.24) is 0 Å². The van der Waals surface area contributed by atoms with Gasteiger partial charge in [-0.15, -0.1) is 0 Å². The van der Waals surface area contributed by atoms with Crippen molar-refractivity contribution in [2.75, 3.05) is 24.9 Å². The van der Waals surface area contributed by atoms with Gasteiger partial charge in [-0.2, -0.15) is 0 Å². The summed E-state index contributed by atoms with van der Waals surface area (Å²) >= 11 is 0. The Morgan fingerprint density at radius 3 is 0.903 bits per heavy atom. The molecule has 0 aliphatic heterocycles. The average molecular weight is 412 g/mol. The van der Waals surface area contributed by atoms with Crippen molar-refractivity contribution in [2.45, 2.75) is 0 Å². The summed E-state index contributed by atoms with van der Waals surface area (Å²) in [5.41, 5.74) is 3.96. The molecule has 0 saturated heterocycles. The predicted octanol–water partition coefficient (Wildman–Crippen LogP) is 6.98. The molecule has 0 unspecified atom stereocenters. The van der Waals surface area contributed by atoms with E-state index in [0.29, 0.717) is 0 Å². The molecular formula is C26H24N2O3. The first-order valence-corrected chi connectivity index (χ1v) is 9.92. The zero-order chi connectivity index (χ0) is 21.5. The van der Waals surface area contributed by atoms with Gasteiger partial charge in [0.25, 0.3) is 0 Å². The highest BCUT2D eigenvalue weighted by Crippen LogP contribution is 2.27. The van der Waals surface area contributed by atoms with Gasteiger partial charge in [0.2, 0.25) is 0 Å². The highest BCUT2D eigenvalue weighted by Gasteiger charge is 2.01. The minimum absolute atomic E-state index is 0.774. The monoisotopic (exact) mass is 412 g/mol. The van der Waals surface area contributed by atoms with Crippen molar-refractivity contribution < 1.29 is 14.2 Å². The van der Waals surface area contributed by atoms with E-state index in [0.717, 1.165) is 45.7 Å². The van der Waals surface area contributed by atoms with Crippen molar-refractivity contribution in [2.24, 2.45) is 0 Å². The van der Waals surface area contributed by atoms with Gasteiger partial charge < -0.3 is 24.8 Å². The van der Waals surface area contributed by atoms with Crippen molar-refractivity contribution in [3.63, 3.8) is 0 Å². The van der Waals surface area contributed by atoms with Crippen LogP contribution in [0.25, 0.3) is 0 Å². The fraction of sp³-hybridized carbons (Fsp3) is 0.0769. The Morgan fingerprint density at radius 2 is 0.645 bits per heavy atom. The van der Waals surface area contributed by atoms with E-state index in [2.05, 4.69) is 10.6 Å². The Hall–Kier alpha value is -4.12. The molecule has 0 spiro atoms. The summed E-state index contributed by atoms with van der Waals surface area (Å²) in [6.45, 7) is 0. The molecule has 4 aromatic rings. The Balaban J connectivity index is 1.34. The maximum Gasteiger partial charge on any atom is 0.127 e. The minimum atomic E-state index is 0.774. The van der Waals surface area contributed by atoms with Crippen LogP contribution in [0.15, 0.2) is 97.1 Å². The highest BCUT2D eigenvalue weighted by molar-refractivity contribution is 5.62. The minimum Gasteiger partial charge on any atom is -0.497 e. The molecule has 0 aliphatic rings. The van der Waals surface area contributed by atoms with E-state index in [1.54, 1.807) is 14.2 Å². The van der Waals surface area contributed by atoms with E-state index in [1.165, 1.54) is 0 Å². The number of ether oxygens (including phenoxy) is 3. The van der Waals surface area contributed by atoms with Gasteiger partial charge in [0.1, 0.15) is 23.0 Å². The highest BCUT2D eigenvalue weighted by atomic mass is 16.5. The maximum absolute atomic E-state index is 5.96. The molecule has 0 fully saturated rings. The lowest BCUT2D eigenvalue weighted by atomic mass is 10.2. The van der Waals surface area contributed by atoms with Gasteiger partial charge in [0, 0.05) is 22.7 Å². The molecule has 4 rings (SSSR count). The third-order valence-corrected chi connectivity index (χ3v) is 4.70. The maximum atomic E-state index is 5.96. The fourth-order valence-corrected chi connectivity index (χ4v) is 3.03. The van der Waals surface area contributed by atoms with Crippen molar-refractivity contribution in [1.29, 1.82) is 0 Å². The molecule has 5 nitrogen and oxygen atoms in total. The summed E-state index contributed by atoms with van der Waals surface area (Å²) in [4.78, 5) is 0. The van der Waals surface area contributed by atoms with E-state index in [1.807, 2.05) is 97.1 Å². The van der Waals surface area contributed by atoms with E-state index >= 15 is 0 Å². The number of anilines is 4. The normalized spacial score (nSPS) is 10.3. The molecule has 0 heterocycles. The molecule has 31 heavy (non-hydrogen) atoms. The predicted molar refractivity (Wildman–Crippen MR) is 126 cm³/mol. The topological polar surface area (TPSA) is 51.8 Å². The molecule has 0 aromatic heterocycles. The molecule has 0 bridgehead atoms. The standard InChI is InChI=1S/C26H24N2O3/c1-29-23-11-3-19(4-12-23)27-21-7-15-25(16-8-21)31-26-17-9-22(10-18-26)28-20-5-13-24(30-2)14-6-20/h3-18,27-28H,1-2H3. The van der Waals surface area contributed by atoms with Crippen molar-refractivity contribution >= 4 is 22.7 Å². The van der Waals surface area contributed by atoms with Crippen LogP contribution in [0.4, 0.5) is 22.7 Å². The van der Waals surface area contributed by atoms with E-state index in [-0.39, 0.29) is 0 Å². The number of hydrogen-bond donors (Lipinski definition) is 2. The molecule has 0 atom stereocenters. The smallest absolute Gasteiger partial charge is 0.127 e. The molecule has 156 valence electrons. The average Bonchev–Trinajstić information content (AvgIpc) is 2.82. The van der Waals surface area contributed by atoms with Crippen LogP contribution in [-0.2, 0) is 0 Å². The van der Waals surface area contributed by atoms with Gasteiger partial charge in [-0.05, 0) is 97.1 Å². The van der Waals surface area contributed by atoms with Crippen LogP contribution in [0.5, 0.6) is 23.0 Å². The second-order valence-corrected chi connectivity index (χ2v) is 6.86. The van der Waals surface area contributed by atoms with Crippen LogP contribution in [0, 0.1) is 0 Å². The molecule has 5 heteroatoms. The zero-order valence-corrected chi connectivity index (χ0v) is 17.5. The van der Waals surface area contributed by atoms with Gasteiger partial charge in [0.05, 0.1) is 14.2 Å². The van der Waals surface area contributed by atoms with E-state index < -0.39 is 0 Å². The summed E-state index contributed by atoms with van der Waals surface area (Å²) in [5.74, 6) is 3.21. The molecule has 0 radical (unpaired) electrons. The molecular weight excluding hydrogens is 388 g/mol. The first-order chi connectivity index (χ1) is 15.2. The van der Waals surface area contributed by atoms with Crippen molar-refractivity contribution in [3.05, 3.63) is 97.1 Å². The Morgan fingerprint density at radius 1 is 0.387 bits per heavy atom. The largest absolute Gasteiger partial charge is 0.497 e. The number of nitrogens with one attached hydrogen (secondary N) is 2. The second kappa shape index (κ2) is 9.59. The summed E-state index contributed by atoms with van der Waals surface area (Å²) in [7, 11) is 3.32. The molecule has 4 aromatic carbocycles. The van der Waals surface area contributed by atoms with E-state index in [4.69, 9.17) is 14.2 Å². The van der Waals surface area contributed by atoms with Crippen molar-refractivity contribution in [3.8, 4) is 23.0 Å². The number of hydrogen-bond acceptors (Lipinski definition) is 5. The summed E-state index contributed by atoms with van der Waals surface area (Å²) < 4.78 is 16.3. The van der Waals surface area contributed by atoms with Gasteiger partial charge >= 0.3 is 0 Å². The van der Waals surface area contributed by atoms with Crippen LogP contribution >= 0.6 is 0 Å². The Bertz CT molecular complexity index is 1000. The first kappa shape index (κ1) is 20.2. The van der Waals surface area contributed by atoms with Gasteiger partial charge in [0.15, 0.2) is 0 Å². The lowest BCUT2D eigenvalue weighted by Crippen LogP contribution is -1.92. The number of rotatable bonds is 8. The number of benzene rings is 4. The molecule has 0 amide bonds. The van der Waals surface area contributed by atoms with Crippen LogP contribution in [0.3, 0.4) is 0 Å². The summed E-state index contributed by atoms with van der Waals surface area (Å²) in [6.07, 6.45) is 0. The lowest BCUT2D eigenvalue weighted by Gasteiger charge is -2.11. The van der Waals surface area contributed by atoms with E-state index in [9.17, 15) is 0 Å². The first-order valence-electron chi connectivity index (χ1n) is 9.92. The second-order valence-electron chi connectivity index (χ2n) is 6.86. The van der Waals surface area contributed by atoms with Crippen LogP contribution in [0.1, 0.15) is 0 Å². The third-order valence-electron chi connectivity index (χ3n) is 4.70. The zero-order valence-electron chi connectivity index (χ0n) is 17.5. The van der Waals surface area contributed by atoms with Crippen LogP contribution in [-0.4, -0.2) is 14.2 Å². The van der Waals surface area contributed by atoms with Crippen LogP contribution < -0.4 is 24.8 Å². The summed E-state index contributed by atoms with van der Waals surface area (Å²) in [6, 6.07) is 31.3. The van der Waals surface area contributed by atoms with Crippen LogP contribution in [0.2, 0.25) is 0 Å². The molecule has 0 saturated carbocycles. The third kappa shape index (κ3) is 5.48. The Labute approximate surface area is 182 Å². The van der Waals surface area contributed by atoms with Gasteiger partial charge in [-0.3, -0.25) is 0 Å². The quantitative estimate of drug-likeness (QED) is 0.327. The lowest BCUT2D eigenvalue weighted by molar-refractivity contribution is 0.415. The Kier molecular flexibility index (Phi) is 6.24. The molecule has 2 N–H and O–H groups in total. The fourth-order valence-electron chi connectivity index (χ4n) is 3.03. The van der Waals surface area contributed by atoms with Gasteiger partial charge in [-0.1, -0.05) is 0 Å². The summed E-state index contributed by atoms with van der Waals surface area (Å²) in [5, 5.41) is 6.71. The SMILES string of the molecule is COc1ccc(Nc2ccc(Oc3ccc(Nc4ccc(OC)cc4)cc3)cc2)cc1. The van der Waals surface area contributed by atoms with Gasteiger partial charge in [-0.25, -0.2) is 0 Å².